The number of halogens is 3. The van der Waals surface area contributed by atoms with Crippen LogP contribution in [0.1, 0.15) is 31.9 Å². The van der Waals surface area contributed by atoms with Crippen LogP contribution < -0.4 is 5.46 Å². The number of amides is 1. The molecule has 1 aliphatic rings. The van der Waals surface area contributed by atoms with Crippen LogP contribution in [0.15, 0.2) is 17.0 Å². The van der Waals surface area contributed by atoms with Gasteiger partial charge in [0.05, 0.1) is 0 Å². The van der Waals surface area contributed by atoms with E-state index in [0.717, 1.165) is 6.07 Å². The summed E-state index contributed by atoms with van der Waals surface area (Å²) in [6.45, 7) is 4.43. The molecule has 26 heavy (non-hydrogen) atoms. The first-order valence-corrected chi connectivity index (χ1v) is 9.04. The summed E-state index contributed by atoms with van der Waals surface area (Å²) in [5.74, 6) is 0. The van der Waals surface area contributed by atoms with Crippen molar-refractivity contribution < 1.29 is 22.5 Å². The van der Waals surface area contributed by atoms with Crippen LogP contribution in [-0.4, -0.2) is 54.7 Å². The zero-order valence-electron chi connectivity index (χ0n) is 15.6. The largest absolute Gasteiger partial charge is 0.509 e. The van der Waals surface area contributed by atoms with Gasteiger partial charge in [-0.15, -0.1) is 18.1 Å². The van der Waals surface area contributed by atoms with Crippen molar-refractivity contribution >= 4 is 31.2 Å². The van der Waals surface area contributed by atoms with E-state index in [9.17, 15) is 17.7 Å². The average molecular weight is 389 g/mol. The second-order valence-corrected chi connectivity index (χ2v) is 8.15. The molecule has 0 aliphatic carbocycles. The van der Waals surface area contributed by atoms with Crippen LogP contribution in [0.3, 0.4) is 0 Å². The standard InChI is InChI=1S/C17H25BF3N2O2S/c1-12-13(9-14(26)10-15(12)18(19,20)21)11-22-5-7-23(8-6-22)16(24)25-17(2,3)4/h9-10,26H,5-8,11H2,1-4H3/q-1. The Morgan fingerprint density at radius 2 is 1.77 bits per heavy atom. The summed E-state index contributed by atoms with van der Waals surface area (Å²) in [5.41, 5.74) is -0.254. The van der Waals surface area contributed by atoms with E-state index < -0.39 is 18.0 Å². The highest BCUT2D eigenvalue weighted by Gasteiger charge is 2.30. The van der Waals surface area contributed by atoms with E-state index in [-0.39, 0.29) is 11.7 Å². The van der Waals surface area contributed by atoms with Gasteiger partial charge in [0, 0.05) is 37.6 Å². The van der Waals surface area contributed by atoms with Crippen LogP contribution in [0.4, 0.5) is 17.7 Å². The summed E-state index contributed by atoms with van der Waals surface area (Å²) >= 11 is 4.12. The lowest BCUT2D eigenvalue weighted by Crippen LogP contribution is -2.49. The number of ether oxygens (including phenoxy) is 1. The number of carbonyl (C=O) groups excluding carboxylic acids is 1. The molecule has 1 saturated heterocycles. The zero-order valence-corrected chi connectivity index (χ0v) is 16.5. The topological polar surface area (TPSA) is 32.8 Å². The molecule has 2 rings (SSSR count). The van der Waals surface area contributed by atoms with E-state index in [1.807, 2.05) is 25.7 Å². The van der Waals surface area contributed by atoms with Gasteiger partial charge in [-0.25, -0.2) is 4.79 Å². The normalized spacial score (nSPS) is 16.7. The van der Waals surface area contributed by atoms with Crippen molar-refractivity contribution in [1.82, 2.24) is 9.80 Å². The highest BCUT2D eigenvalue weighted by molar-refractivity contribution is 7.80. The Labute approximate surface area is 158 Å². The lowest BCUT2D eigenvalue weighted by atomic mass is 9.76. The third kappa shape index (κ3) is 5.57. The molecule has 1 aromatic rings. The van der Waals surface area contributed by atoms with E-state index in [4.69, 9.17) is 4.74 Å². The smallest absolute Gasteiger partial charge is 0.445 e. The van der Waals surface area contributed by atoms with Gasteiger partial charge in [0.15, 0.2) is 0 Å². The molecule has 0 atom stereocenters. The maximum Gasteiger partial charge on any atom is 0.509 e. The first kappa shape index (κ1) is 21.0. The van der Waals surface area contributed by atoms with E-state index in [1.165, 1.54) is 6.92 Å². The Kier molecular flexibility index (Phi) is 6.22. The van der Waals surface area contributed by atoms with Crippen LogP contribution in [-0.2, 0) is 11.3 Å². The third-order valence-electron chi connectivity index (χ3n) is 4.31. The second-order valence-electron chi connectivity index (χ2n) is 7.64. The summed E-state index contributed by atoms with van der Waals surface area (Å²) in [6.07, 6.45) is -0.354. The fourth-order valence-corrected chi connectivity index (χ4v) is 3.24. The van der Waals surface area contributed by atoms with Crippen molar-refractivity contribution in [2.75, 3.05) is 26.2 Å². The van der Waals surface area contributed by atoms with Crippen molar-refractivity contribution in [2.24, 2.45) is 0 Å². The number of piperazine rings is 1. The minimum absolute atomic E-state index is 0.255. The lowest BCUT2D eigenvalue weighted by molar-refractivity contribution is 0.0139. The second kappa shape index (κ2) is 7.72. The summed E-state index contributed by atoms with van der Waals surface area (Å²) in [5, 5.41) is 0. The quantitative estimate of drug-likeness (QED) is 0.636. The predicted molar refractivity (Wildman–Crippen MR) is 100 cm³/mol. The van der Waals surface area contributed by atoms with Gasteiger partial charge in [-0.3, -0.25) is 4.90 Å². The van der Waals surface area contributed by atoms with Crippen molar-refractivity contribution in [3.8, 4) is 0 Å². The molecule has 1 aliphatic heterocycles. The fourth-order valence-electron chi connectivity index (χ4n) is 2.94. The van der Waals surface area contributed by atoms with Crippen molar-refractivity contribution in [1.29, 1.82) is 0 Å². The molecule has 0 N–H and O–H groups in total. The van der Waals surface area contributed by atoms with Gasteiger partial charge in [-0.2, -0.15) is 0 Å². The number of hydrogen-bond acceptors (Lipinski definition) is 4. The molecule has 0 aromatic heterocycles. The first-order chi connectivity index (χ1) is 11.9. The molecule has 0 radical (unpaired) electrons. The molecule has 9 heteroatoms. The highest BCUT2D eigenvalue weighted by atomic mass is 32.1. The monoisotopic (exact) mass is 389 g/mol. The van der Waals surface area contributed by atoms with E-state index in [1.54, 1.807) is 11.0 Å². The Bertz CT molecular complexity index is 669. The molecule has 0 saturated carbocycles. The molecule has 1 fully saturated rings. The van der Waals surface area contributed by atoms with Gasteiger partial charge in [-0.1, -0.05) is 11.6 Å². The molecule has 1 amide bonds. The molecule has 4 nitrogen and oxygen atoms in total. The van der Waals surface area contributed by atoms with E-state index in [0.29, 0.717) is 43.2 Å². The molecule has 1 heterocycles. The fraction of sp³-hybridized carbons (Fsp3) is 0.588. The van der Waals surface area contributed by atoms with Crippen LogP contribution in [0.5, 0.6) is 0 Å². The minimum atomic E-state index is -5.07. The average Bonchev–Trinajstić information content (AvgIpc) is 2.48. The first-order valence-electron chi connectivity index (χ1n) is 8.59. The highest BCUT2D eigenvalue weighted by Crippen LogP contribution is 2.21. The van der Waals surface area contributed by atoms with Gasteiger partial charge in [0.1, 0.15) is 5.60 Å². The molecule has 0 unspecified atom stereocenters. The van der Waals surface area contributed by atoms with Crippen molar-refractivity contribution in [3.05, 3.63) is 23.3 Å². The Morgan fingerprint density at radius 1 is 1.19 bits per heavy atom. The molecule has 1 aromatic carbocycles. The van der Waals surface area contributed by atoms with Gasteiger partial charge in [0.2, 0.25) is 0 Å². The zero-order chi connectivity index (χ0) is 19.7. The number of nitrogens with zero attached hydrogens (tertiary/aromatic N) is 2. The number of carbonyl (C=O) groups is 1. The molecule has 146 valence electrons. The minimum Gasteiger partial charge on any atom is -0.445 e. The van der Waals surface area contributed by atoms with Crippen LogP contribution in [0.25, 0.3) is 0 Å². The van der Waals surface area contributed by atoms with Crippen LogP contribution in [0.2, 0.25) is 0 Å². The maximum atomic E-state index is 13.2. The predicted octanol–water partition coefficient (Wildman–Crippen LogP) is 3.39. The molecule has 0 spiro atoms. The summed E-state index contributed by atoms with van der Waals surface area (Å²) in [6, 6.07) is 2.77. The van der Waals surface area contributed by atoms with Crippen LogP contribution in [0, 0.1) is 6.92 Å². The molecular formula is C17H25BF3N2O2S-. The SMILES string of the molecule is Cc1c(CN2CCN(C(=O)OC(C)(C)C)CC2)cc(S)cc1[B-](F)(F)F. The van der Waals surface area contributed by atoms with Crippen molar-refractivity contribution in [2.45, 2.75) is 44.7 Å². The number of thiol groups is 1. The number of rotatable bonds is 3. The third-order valence-corrected chi connectivity index (χ3v) is 4.57. The number of hydrogen-bond donors (Lipinski definition) is 1. The van der Waals surface area contributed by atoms with Crippen LogP contribution >= 0.6 is 12.6 Å². The van der Waals surface area contributed by atoms with Gasteiger partial charge in [0.25, 0.3) is 0 Å². The van der Waals surface area contributed by atoms with Gasteiger partial charge < -0.3 is 22.6 Å². The molecule has 0 bridgehead atoms. The Hall–Kier alpha value is -1.35. The lowest BCUT2D eigenvalue weighted by Gasteiger charge is -2.36. The molecular weight excluding hydrogens is 364 g/mol. The van der Waals surface area contributed by atoms with Gasteiger partial charge >= 0.3 is 13.1 Å². The van der Waals surface area contributed by atoms with Crippen molar-refractivity contribution in [3.63, 3.8) is 0 Å². The Morgan fingerprint density at radius 3 is 2.27 bits per heavy atom. The van der Waals surface area contributed by atoms with E-state index in [2.05, 4.69) is 12.6 Å². The number of benzene rings is 1. The summed E-state index contributed by atoms with van der Waals surface area (Å²) in [7, 11) is 0. The van der Waals surface area contributed by atoms with E-state index >= 15 is 0 Å². The maximum absolute atomic E-state index is 13.2. The summed E-state index contributed by atoms with van der Waals surface area (Å²) in [4.78, 5) is 16.1. The summed E-state index contributed by atoms with van der Waals surface area (Å²) < 4.78 is 45.0. The Balaban J connectivity index is 2.02. The van der Waals surface area contributed by atoms with Gasteiger partial charge in [-0.05, 0) is 39.3 Å².